The molecule has 28 heavy (non-hydrogen) atoms. The van der Waals surface area contributed by atoms with Gasteiger partial charge in [0.25, 0.3) is 0 Å². The lowest BCUT2D eigenvalue weighted by atomic mass is 10.0. The molecule has 146 valence electrons. The number of ether oxygens (including phenoxy) is 2. The highest BCUT2D eigenvalue weighted by molar-refractivity contribution is 5.87. The summed E-state index contributed by atoms with van der Waals surface area (Å²) in [6, 6.07) is 14.4. The molecule has 1 aliphatic rings. The van der Waals surface area contributed by atoms with Crippen molar-refractivity contribution < 1.29 is 14.3 Å². The van der Waals surface area contributed by atoms with E-state index in [-0.39, 0.29) is 11.9 Å². The van der Waals surface area contributed by atoms with Crippen LogP contribution in [0, 0.1) is 6.92 Å². The standard InChI is InChI=1S/C23H26N2O3/c1-15-23(17-6-4-5-7-18(17)24-15)19-9-11-22(26)25(19)13-12-16-8-10-20(27-2)21(14-16)28-3/h4-8,10,14,19,24H,9,11-13H2,1-3H3/t19-/m1/s1. The molecule has 0 saturated carbocycles. The van der Waals surface area contributed by atoms with Crippen molar-refractivity contribution in [2.75, 3.05) is 20.8 Å². The molecule has 0 aliphatic carbocycles. The Morgan fingerprint density at radius 3 is 2.68 bits per heavy atom. The Bertz CT molecular complexity index is 1010. The topological polar surface area (TPSA) is 54.6 Å². The number of carbonyl (C=O) groups is 1. The van der Waals surface area contributed by atoms with E-state index in [1.54, 1.807) is 14.2 Å². The van der Waals surface area contributed by atoms with Crippen LogP contribution in [0.15, 0.2) is 42.5 Å². The number of benzene rings is 2. The van der Waals surface area contributed by atoms with Gasteiger partial charge < -0.3 is 19.4 Å². The van der Waals surface area contributed by atoms with E-state index in [0.717, 1.165) is 41.1 Å². The second-order valence-corrected chi connectivity index (χ2v) is 7.29. The number of H-pyrrole nitrogens is 1. The Kier molecular flexibility index (Phi) is 4.99. The first-order chi connectivity index (χ1) is 13.6. The molecule has 5 heteroatoms. The number of nitrogens with one attached hydrogen (secondary N) is 1. The molecular formula is C23H26N2O3. The predicted molar refractivity (Wildman–Crippen MR) is 110 cm³/mol. The molecule has 1 aliphatic heterocycles. The molecule has 1 saturated heterocycles. The number of hydrogen-bond donors (Lipinski definition) is 1. The van der Waals surface area contributed by atoms with Crippen LogP contribution in [0.4, 0.5) is 0 Å². The first-order valence-corrected chi connectivity index (χ1v) is 9.70. The number of para-hydroxylation sites is 1. The van der Waals surface area contributed by atoms with Crippen molar-refractivity contribution in [2.45, 2.75) is 32.2 Å². The number of carbonyl (C=O) groups excluding carboxylic acids is 1. The van der Waals surface area contributed by atoms with E-state index in [0.29, 0.717) is 13.0 Å². The lowest BCUT2D eigenvalue weighted by Crippen LogP contribution is -2.30. The van der Waals surface area contributed by atoms with Crippen molar-refractivity contribution in [3.05, 3.63) is 59.3 Å². The van der Waals surface area contributed by atoms with E-state index in [2.05, 4.69) is 30.1 Å². The van der Waals surface area contributed by atoms with Crippen molar-refractivity contribution in [3.63, 3.8) is 0 Å². The molecule has 4 rings (SSSR count). The number of fused-ring (bicyclic) bond motifs is 1. The van der Waals surface area contributed by atoms with Gasteiger partial charge in [-0.2, -0.15) is 0 Å². The van der Waals surface area contributed by atoms with Gasteiger partial charge in [-0.25, -0.2) is 0 Å². The van der Waals surface area contributed by atoms with Crippen molar-refractivity contribution in [3.8, 4) is 11.5 Å². The maximum atomic E-state index is 12.6. The third-order valence-corrected chi connectivity index (χ3v) is 5.69. The number of aromatic nitrogens is 1. The Hall–Kier alpha value is -2.95. The predicted octanol–water partition coefficient (Wildman–Crippen LogP) is 4.40. The number of likely N-dealkylation sites (tertiary alicyclic amines) is 1. The molecule has 1 aromatic heterocycles. The number of amides is 1. The average molecular weight is 378 g/mol. The molecule has 1 atom stereocenters. The van der Waals surface area contributed by atoms with Crippen LogP contribution in [0.25, 0.3) is 10.9 Å². The second-order valence-electron chi connectivity index (χ2n) is 7.29. The number of aryl methyl sites for hydroxylation is 1. The highest BCUT2D eigenvalue weighted by Gasteiger charge is 2.34. The zero-order valence-corrected chi connectivity index (χ0v) is 16.6. The number of rotatable bonds is 6. The van der Waals surface area contributed by atoms with Crippen LogP contribution in [0.1, 0.15) is 35.7 Å². The Labute approximate surface area is 165 Å². The fourth-order valence-corrected chi connectivity index (χ4v) is 4.33. The molecule has 0 radical (unpaired) electrons. The Morgan fingerprint density at radius 1 is 1.11 bits per heavy atom. The number of methoxy groups -OCH3 is 2. The fourth-order valence-electron chi connectivity index (χ4n) is 4.33. The average Bonchev–Trinajstić information content (AvgIpc) is 3.24. The highest BCUT2D eigenvalue weighted by atomic mass is 16.5. The zero-order valence-electron chi connectivity index (χ0n) is 16.6. The van der Waals surface area contributed by atoms with Gasteiger partial charge in [0.2, 0.25) is 5.91 Å². The van der Waals surface area contributed by atoms with Gasteiger partial charge in [0.05, 0.1) is 20.3 Å². The SMILES string of the molecule is COc1ccc(CCN2C(=O)CC[C@@H]2c2c(C)[nH]c3ccccc23)cc1OC. The molecule has 5 nitrogen and oxygen atoms in total. The van der Waals surface area contributed by atoms with Crippen molar-refractivity contribution in [2.24, 2.45) is 0 Å². The lowest BCUT2D eigenvalue weighted by molar-refractivity contribution is -0.129. The zero-order chi connectivity index (χ0) is 19.7. The van der Waals surface area contributed by atoms with E-state index in [4.69, 9.17) is 9.47 Å². The van der Waals surface area contributed by atoms with Gasteiger partial charge in [-0.05, 0) is 43.5 Å². The van der Waals surface area contributed by atoms with E-state index < -0.39 is 0 Å². The molecule has 0 spiro atoms. The summed E-state index contributed by atoms with van der Waals surface area (Å²) in [5, 5.41) is 1.22. The van der Waals surface area contributed by atoms with Crippen LogP contribution >= 0.6 is 0 Å². The van der Waals surface area contributed by atoms with Crippen LogP contribution in [0.3, 0.4) is 0 Å². The minimum atomic E-state index is 0.129. The van der Waals surface area contributed by atoms with Crippen LogP contribution in [0.5, 0.6) is 11.5 Å². The van der Waals surface area contributed by atoms with Crippen molar-refractivity contribution in [1.82, 2.24) is 9.88 Å². The van der Waals surface area contributed by atoms with Gasteiger partial charge in [0, 0.05) is 35.1 Å². The summed E-state index contributed by atoms with van der Waals surface area (Å²) in [5.74, 6) is 1.67. The summed E-state index contributed by atoms with van der Waals surface area (Å²) in [6.45, 7) is 2.79. The van der Waals surface area contributed by atoms with Crippen LogP contribution in [-0.2, 0) is 11.2 Å². The van der Waals surface area contributed by atoms with Gasteiger partial charge >= 0.3 is 0 Å². The summed E-state index contributed by atoms with van der Waals surface area (Å²) >= 11 is 0. The largest absolute Gasteiger partial charge is 0.493 e. The monoisotopic (exact) mass is 378 g/mol. The number of nitrogens with zero attached hydrogens (tertiary/aromatic N) is 1. The van der Waals surface area contributed by atoms with Gasteiger partial charge in [-0.3, -0.25) is 4.79 Å². The Balaban J connectivity index is 1.58. The highest BCUT2D eigenvalue weighted by Crippen LogP contribution is 2.39. The number of aromatic amines is 1. The number of hydrogen-bond acceptors (Lipinski definition) is 3. The smallest absolute Gasteiger partial charge is 0.223 e. The summed E-state index contributed by atoms with van der Waals surface area (Å²) in [6.07, 6.45) is 2.26. The molecule has 0 unspecified atom stereocenters. The van der Waals surface area contributed by atoms with Gasteiger partial charge in [0.15, 0.2) is 11.5 Å². The summed E-state index contributed by atoms with van der Waals surface area (Å²) in [7, 11) is 3.27. The molecule has 2 heterocycles. The van der Waals surface area contributed by atoms with E-state index in [1.165, 1.54) is 10.9 Å². The second kappa shape index (κ2) is 7.58. The van der Waals surface area contributed by atoms with E-state index in [1.807, 2.05) is 29.2 Å². The summed E-state index contributed by atoms with van der Waals surface area (Å²) in [5.41, 5.74) is 4.67. The van der Waals surface area contributed by atoms with Gasteiger partial charge in [0.1, 0.15) is 0 Å². The van der Waals surface area contributed by atoms with Crippen LogP contribution < -0.4 is 9.47 Å². The minimum absolute atomic E-state index is 0.129. The molecular weight excluding hydrogens is 352 g/mol. The molecule has 1 amide bonds. The quantitative estimate of drug-likeness (QED) is 0.692. The molecule has 1 N–H and O–H groups in total. The molecule has 0 bridgehead atoms. The molecule has 1 fully saturated rings. The Morgan fingerprint density at radius 2 is 1.89 bits per heavy atom. The van der Waals surface area contributed by atoms with Crippen LogP contribution in [-0.4, -0.2) is 36.6 Å². The fraction of sp³-hybridized carbons (Fsp3) is 0.348. The van der Waals surface area contributed by atoms with Crippen molar-refractivity contribution >= 4 is 16.8 Å². The maximum Gasteiger partial charge on any atom is 0.223 e. The summed E-state index contributed by atoms with van der Waals surface area (Å²) < 4.78 is 10.7. The van der Waals surface area contributed by atoms with Crippen LogP contribution in [0.2, 0.25) is 0 Å². The van der Waals surface area contributed by atoms with E-state index in [9.17, 15) is 4.79 Å². The third-order valence-electron chi connectivity index (χ3n) is 5.69. The summed E-state index contributed by atoms with van der Waals surface area (Å²) in [4.78, 5) is 18.2. The maximum absolute atomic E-state index is 12.6. The normalized spacial score (nSPS) is 16.8. The van der Waals surface area contributed by atoms with E-state index >= 15 is 0 Å². The van der Waals surface area contributed by atoms with Gasteiger partial charge in [-0.1, -0.05) is 24.3 Å². The third kappa shape index (κ3) is 3.21. The van der Waals surface area contributed by atoms with Crippen molar-refractivity contribution in [1.29, 1.82) is 0 Å². The molecule has 3 aromatic rings. The minimum Gasteiger partial charge on any atom is -0.493 e. The first kappa shape index (κ1) is 18.4. The molecule has 2 aromatic carbocycles. The lowest BCUT2D eigenvalue weighted by Gasteiger charge is -2.26. The van der Waals surface area contributed by atoms with Gasteiger partial charge in [-0.15, -0.1) is 0 Å². The first-order valence-electron chi connectivity index (χ1n) is 9.70.